The first-order valence-electron chi connectivity index (χ1n) is 6.89. The van der Waals surface area contributed by atoms with Crippen LogP contribution in [-0.2, 0) is 19.1 Å². The Labute approximate surface area is 119 Å². The summed E-state index contributed by atoms with van der Waals surface area (Å²) in [6, 6.07) is 0. The van der Waals surface area contributed by atoms with Gasteiger partial charge in [0, 0.05) is 36.9 Å². The molecular weight excluding hydrogens is 260 g/mol. The number of ketones is 2. The van der Waals surface area contributed by atoms with Crippen LogP contribution in [0.15, 0.2) is 12.2 Å². The number of aliphatic hydroxyl groups is 1. The average molecular weight is 282 g/mol. The highest BCUT2D eigenvalue weighted by Gasteiger charge is 2.40. The first kappa shape index (κ1) is 16.6. The van der Waals surface area contributed by atoms with E-state index in [2.05, 4.69) is 6.58 Å². The monoisotopic (exact) mass is 282 g/mol. The topological polar surface area (TPSA) is 80.7 Å². The predicted molar refractivity (Wildman–Crippen MR) is 72.9 cm³/mol. The summed E-state index contributed by atoms with van der Waals surface area (Å²) in [5.74, 6) is -1.17. The molecule has 1 rings (SSSR count). The van der Waals surface area contributed by atoms with E-state index < -0.39 is 18.0 Å². The van der Waals surface area contributed by atoms with Gasteiger partial charge in [0.2, 0.25) is 0 Å². The van der Waals surface area contributed by atoms with Gasteiger partial charge in [0.25, 0.3) is 0 Å². The van der Waals surface area contributed by atoms with Crippen LogP contribution in [0.5, 0.6) is 0 Å². The van der Waals surface area contributed by atoms with Gasteiger partial charge in [-0.2, -0.15) is 0 Å². The second-order valence-electron chi connectivity index (χ2n) is 5.42. The van der Waals surface area contributed by atoms with Gasteiger partial charge in [-0.3, -0.25) is 9.59 Å². The van der Waals surface area contributed by atoms with Gasteiger partial charge in [-0.15, -0.1) is 0 Å². The number of carbonyl (C=O) groups excluding carboxylic acids is 3. The quantitative estimate of drug-likeness (QED) is 0.538. The Hall–Kier alpha value is -1.49. The van der Waals surface area contributed by atoms with Crippen LogP contribution >= 0.6 is 0 Å². The van der Waals surface area contributed by atoms with Crippen molar-refractivity contribution in [3.05, 3.63) is 12.2 Å². The molecule has 0 amide bonds. The van der Waals surface area contributed by atoms with E-state index in [1.807, 2.05) is 0 Å². The lowest BCUT2D eigenvalue weighted by Gasteiger charge is -2.18. The van der Waals surface area contributed by atoms with Crippen molar-refractivity contribution in [3.63, 3.8) is 0 Å². The Morgan fingerprint density at radius 3 is 2.60 bits per heavy atom. The van der Waals surface area contributed by atoms with Gasteiger partial charge in [0.1, 0.15) is 17.7 Å². The third kappa shape index (κ3) is 4.27. The number of carbonyl (C=O) groups is 3. The van der Waals surface area contributed by atoms with Gasteiger partial charge in [-0.05, 0) is 19.8 Å². The van der Waals surface area contributed by atoms with E-state index >= 15 is 0 Å². The minimum Gasteiger partial charge on any atom is -0.458 e. The van der Waals surface area contributed by atoms with E-state index in [0.29, 0.717) is 12.8 Å². The molecule has 0 aliphatic carbocycles. The van der Waals surface area contributed by atoms with Crippen molar-refractivity contribution in [2.45, 2.75) is 45.6 Å². The third-order valence-corrected chi connectivity index (χ3v) is 3.67. The number of esters is 1. The first-order chi connectivity index (χ1) is 9.36. The summed E-state index contributed by atoms with van der Waals surface area (Å²) >= 11 is 0. The highest BCUT2D eigenvalue weighted by molar-refractivity contribution is 5.93. The molecule has 3 atom stereocenters. The summed E-state index contributed by atoms with van der Waals surface area (Å²) in [5.41, 5.74) is 0.277. The Bertz CT molecular complexity index is 412. The van der Waals surface area contributed by atoms with Crippen LogP contribution in [0.25, 0.3) is 0 Å². The molecule has 1 fully saturated rings. The molecule has 1 heterocycles. The molecule has 0 saturated carbocycles. The number of Topliss-reactive ketones (excluding diaryl/α,β-unsaturated/α-hetero) is 2. The number of hydrogen-bond acceptors (Lipinski definition) is 5. The van der Waals surface area contributed by atoms with Crippen molar-refractivity contribution in [3.8, 4) is 0 Å². The van der Waals surface area contributed by atoms with Gasteiger partial charge < -0.3 is 9.84 Å². The van der Waals surface area contributed by atoms with Crippen molar-refractivity contribution in [1.29, 1.82) is 0 Å². The van der Waals surface area contributed by atoms with Crippen molar-refractivity contribution in [2.24, 2.45) is 11.8 Å². The van der Waals surface area contributed by atoms with Crippen LogP contribution in [-0.4, -0.2) is 35.4 Å². The average Bonchev–Trinajstić information content (AvgIpc) is 2.62. The summed E-state index contributed by atoms with van der Waals surface area (Å²) in [4.78, 5) is 34.8. The number of rotatable bonds is 8. The predicted octanol–water partition coefficient (Wildman–Crippen LogP) is 1.43. The maximum absolute atomic E-state index is 12.1. The maximum Gasteiger partial charge on any atom is 0.334 e. The van der Waals surface area contributed by atoms with Gasteiger partial charge in [-0.25, -0.2) is 4.79 Å². The number of cyclic esters (lactones) is 1. The molecule has 0 bridgehead atoms. The van der Waals surface area contributed by atoms with E-state index in [4.69, 9.17) is 9.84 Å². The number of hydrogen-bond donors (Lipinski definition) is 1. The lowest BCUT2D eigenvalue weighted by atomic mass is 9.85. The zero-order valence-corrected chi connectivity index (χ0v) is 12.1. The van der Waals surface area contributed by atoms with Crippen LogP contribution in [0.3, 0.4) is 0 Å². The summed E-state index contributed by atoms with van der Waals surface area (Å²) in [7, 11) is 0. The second-order valence-corrected chi connectivity index (χ2v) is 5.42. The third-order valence-electron chi connectivity index (χ3n) is 3.67. The molecule has 0 aromatic carbocycles. The fraction of sp³-hybridized carbons (Fsp3) is 0.667. The molecule has 0 spiro atoms. The molecule has 1 saturated heterocycles. The second kappa shape index (κ2) is 7.33. The minimum absolute atomic E-state index is 0.0106. The van der Waals surface area contributed by atoms with E-state index in [1.165, 1.54) is 6.92 Å². The van der Waals surface area contributed by atoms with Crippen LogP contribution in [0.1, 0.15) is 39.5 Å². The van der Waals surface area contributed by atoms with E-state index in [-0.39, 0.29) is 42.5 Å². The van der Waals surface area contributed by atoms with Crippen LogP contribution in [0, 0.1) is 11.8 Å². The summed E-state index contributed by atoms with van der Waals surface area (Å²) in [5, 5.41) is 8.77. The SMILES string of the molecule is C=C1C(=O)O[C@H](CC(C)=O)[C@@H]1CC(=O)C(C)CCCO. The molecule has 0 radical (unpaired) electrons. The van der Waals surface area contributed by atoms with Gasteiger partial charge >= 0.3 is 5.97 Å². The summed E-state index contributed by atoms with van der Waals surface area (Å²) < 4.78 is 5.11. The van der Waals surface area contributed by atoms with Gasteiger partial charge in [0.05, 0.1) is 0 Å². The Morgan fingerprint density at radius 2 is 2.05 bits per heavy atom. The zero-order chi connectivity index (χ0) is 15.3. The minimum atomic E-state index is -0.568. The Morgan fingerprint density at radius 1 is 1.40 bits per heavy atom. The number of aliphatic hydroxyl groups excluding tert-OH is 1. The fourth-order valence-corrected chi connectivity index (χ4v) is 2.37. The smallest absolute Gasteiger partial charge is 0.334 e. The van der Waals surface area contributed by atoms with E-state index in [9.17, 15) is 14.4 Å². The Balaban J connectivity index is 2.66. The van der Waals surface area contributed by atoms with Gasteiger partial charge in [0.15, 0.2) is 0 Å². The lowest BCUT2D eigenvalue weighted by Crippen LogP contribution is -2.24. The molecule has 5 nitrogen and oxygen atoms in total. The maximum atomic E-state index is 12.1. The van der Waals surface area contributed by atoms with Crippen molar-refractivity contribution >= 4 is 17.5 Å². The number of ether oxygens (including phenoxy) is 1. The molecule has 0 aromatic heterocycles. The van der Waals surface area contributed by atoms with Crippen LogP contribution in [0.2, 0.25) is 0 Å². The zero-order valence-electron chi connectivity index (χ0n) is 12.1. The Kier molecular flexibility index (Phi) is 6.07. The molecule has 20 heavy (non-hydrogen) atoms. The molecule has 5 heteroatoms. The summed E-state index contributed by atoms with van der Waals surface area (Å²) in [6.45, 7) is 6.96. The molecule has 112 valence electrons. The normalized spacial score (nSPS) is 23.6. The highest BCUT2D eigenvalue weighted by atomic mass is 16.6. The largest absolute Gasteiger partial charge is 0.458 e. The molecule has 1 unspecified atom stereocenters. The molecular formula is C15H22O5. The van der Waals surface area contributed by atoms with Crippen molar-refractivity contribution < 1.29 is 24.2 Å². The molecule has 0 aromatic rings. The molecule has 1 N–H and O–H groups in total. The van der Waals surface area contributed by atoms with Crippen LogP contribution < -0.4 is 0 Å². The molecule has 1 aliphatic heterocycles. The van der Waals surface area contributed by atoms with Crippen LogP contribution in [0.4, 0.5) is 0 Å². The lowest BCUT2D eigenvalue weighted by molar-refractivity contribution is -0.140. The van der Waals surface area contributed by atoms with Crippen molar-refractivity contribution in [2.75, 3.05) is 6.61 Å². The van der Waals surface area contributed by atoms with E-state index in [0.717, 1.165) is 0 Å². The first-order valence-corrected chi connectivity index (χ1v) is 6.89. The highest BCUT2D eigenvalue weighted by Crippen LogP contribution is 2.32. The summed E-state index contributed by atoms with van der Waals surface area (Å²) in [6.07, 6.45) is 0.899. The fourth-order valence-electron chi connectivity index (χ4n) is 2.37. The van der Waals surface area contributed by atoms with Gasteiger partial charge in [-0.1, -0.05) is 13.5 Å². The van der Waals surface area contributed by atoms with E-state index in [1.54, 1.807) is 6.92 Å². The standard InChI is InChI=1S/C15H22O5/c1-9(5-4-6-16)13(18)8-12-11(3)15(19)20-14(12)7-10(2)17/h9,12,14,16H,3-8H2,1-2H3/t9?,12-,14-/m1/s1. The molecule has 1 aliphatic rings. The van der Waals surface area contributed by atoms with Crippen molar-refractivity contribution in [1.82, 2.24) is 0 Å².